The Kier molecular flexibility index (Phi) is 8.65. The van der Waals surface area contributed by atoms with Gasteiger partial charge in [0.2, 0.25) is 11.8 Å². The lowest BCUT2D eigenvalue weighted by molar-refractivity contribution is -0.134. The van der Waals surface area contributed by atoms with E-state index in [1.807, 2.05) is 38.1 Å². The van der Waals surface area contributed by atoms with Crippen LogP contribution in [-0.4, -0.2) is 54.9 Å². The fourth-order valence-corrected chi connectivity index (χ4v) is 3.90. The van der Waals surface area contributed by atoms with E-state index in [-0.39, 0.29) is 17.8 Å². The third-order valence-electron chi connectivity index (χ3n) is 5.96. The molecule has 0 atom stereocenters. The highest BCUT2D eigenvalue weighted by atomic mass is 16.5. The quantitative estimate of drug-likeness (QED) is 0.558. The Morgan fingerprint density at radius 3 is 2.38 bits per heavy atom. The van der Waals surface area contributed by atoms with Crippen LogP contribution in [0.4, 0.5) is 5.69 Å². The number of benzene rings is 1. The van der Waals surface area contributed by atoms with Gasteiger partial charge >= 0.3 is 0 Å². The van der Waals surface area contributed by atoms with Gasteiger partial charge in [-0.25, -0.2) is 4.98 Å². The Labute approximate surface area is 191 Å². The molecule has 0 saturated carbocycles. The zero-order valence-corrected chi connectivity index (χ0v) is 19.5. The van der Waals surface area contributed by atoms with E-state index >= 15 is 0 Å². The van der Waals surface area contributed by atoms with Gasteiger partial charge in [0.25, 0.3) is 0 Å². The molecule has 0 bridgehead atoms. The first-order valence-electron chi connectivity index (χ1n) is 11.6. The monoisotopic (exact) mass is 437 g/mol. The van der Waals surface area contributed by atoms with Gasteiger partial charge in [-0.1, -0.05) is 18.2 Å². The van der Waals surface area contributed by atoms with Crippen molar-refractivity contribution in [1.29, 1.82) is 0 Å². The lowest BCUT2D eigenvalue weighted by Gasteiger charge is -2.32. The van der Waals surface area contributed by atoms with Crippen LogP contribution < -0.4 is 9.64 Å². The van der Waals surface area contributed by atoms with Crippen LogP contribution >= 0.6 is 0 Å². The number of amides is 1. The van der Waals surface area contributed by atoms with Gasteiger partial charge in [0.05, 0.1) is 0 Å². The fourth-order valence-electron chi connectivity index (χ4n) is 3.90. The highest BCUT2D eigenvalue weighted by Crippen LogP contribution is 2.19. The normalized spacial score (nSPS) is 14.3. The number of carbonyl (C=O) groups excluding carboxylic acids is 2. The van der Waals surface area contributed by atoms with Crippen molar-refractivity contribution in [3.8, 4) is 5.88 Å². The summed E-state index contributed by atoms with van der Waals surface area (Å²) in [6, 6.07) is 12.3. The smallest absolute Gasteiger partial charge is 0.223 e. The Morgan fingerprint density at radius 2 is 1.75 bits per heavy atom. The Hall–Kier alpha value is -2.89. The van der Waals surface area contributed by atoms with E-state index in [9.17, 15) is 9.59 Å². The molecule has 172 valence electrons. The van der Waals surface area contributed by atoms with Crippen molar-refractivity contribution in [2.24, 2.45) is 0 Å². The van der Waals surface area contributed by atoms with Gasteiger partial charge < -0.3 is 14.5 Å². The molecule has 1 aliphatic heterocycles. The largest absolute Gasteiger partial charge is 0.474 e. The number of hydrogen-bond donors (Lipinski definition) is 0. The predicted octanol–water partition coefficient (Wildman–Crippen LogP) is 4.20. The van der Waals surface area contributed by atoms with E-state index in [0.717, 1.165) is 31.2 Å². The number of likely N-dealkylation sites (tertiary alicyclic amines) is 1. The molecule has 1 fully saturated rings. The summed E-state index contributed by atoms with van der Waals surface area (Å²) < 4.78 is 5.93. The van der Waals surface area contributed by atoms with E-state index in [2.05, 4.69) is 34.1 Å². The first kappa shape index (κ1) is 23.8. The summed E-state index contributed by atoms with van der Waals surface area (Å²) in [5.74, 6) is 0.885. The SMILES string of the molecule is Cc1ccc(OC2CCN(C(=O)CCC(=O)CCCc3ccc(N(C)C)cc3)CC2)nc1. The van der Waals surface area contributed by atoms with Gasteiger partial charge in [-0.05, 0) is 43.0 Å². The van der Waals surface area contributed by atoms with Crippen molar-refractivity contribution in [2.45, 2.75) is 58.0 Å². The minimum absolute atomic E-state index is 0.0736. The molecule has 3 rings (SSSR count). The average Bonchev–Trinajstić information content (AvgIpc) is 2.80. The van der Waals surface area contributed by atoms with E-state index in [0.29, 0.717) is 38.2 Å². The Morgan fingerprint density at radius 1 is 1.03 bits per heavy atom. The van der Waals surface area contributed by atoms with E-state index in [1.165, 1.54) is 11.3 Å². The number of aryl methyl sites for hydroxylation is 2. The molecule has 1 aromatic carbocycles. The van der Waals surface area contributed by atoms with Crippen molar-refractivity contribution < 1.29 is 14.3 Å². The van der Waals surface area contributed by atoms with Crippen molar-refractivity contribution in [1.82, 2.24) is 9.88 Å². The molecule has 0 N–H and O–H groups in total. The number of anilines is 1. The number of pyridine rings is 1. The summed E-state index contributed by atoms with van der Waals surface area (Å²) in [4.78, 5) is 33.0. The molecule has 6 heteroatoms. The van der Waals surface area contributed by atoms with E-state index < -0.39 is 0 Å². The number of hydrogen-bond acceptors (Lipinski definition) is 5. The molecule has 0 radical (unpaired) electrons. The molecular weight excluding hydrogens is 402 g/mol. The molecule has 2 heterocycles. The van der Waals surface area contributed by atoms with Crippen LogP contribution in [0.15, 0.2) is 42.6 Å². The van der Waals surface area contributed by atoms with Crippen molar-refractivity contribution in [3.05, 3.63) is 53.7 Å². The molecule has 0 spiro atoms. The molecule has 2 aromatic rings. The number of carbonyl (C=O) groups is 2. The number of piperidine rings is 1. The maximum Gasteiger partial charge on any atom is 0.223 e. The summed E-state index contributed by atoms with van der Waals surface area (Å²) in [5, 5.41) is 0. The summed E-state index contributed by atoms with van der Waals surface area (Å²) in [6.07, 6.45) is 6.35. The third kappa shape index (κ3) is 7.36. The maximum atomic E-state index is 12.5. The number of rotatable bonds is 10. The van der Waals surface area contributed by atoms with Crippen LogP contribution in [0.5, 0.6) is 5.88 Å². The second-order valence-electron chi connectivity index (χ2n) is 8.82. The molecule has 1 aliphatic rings. The van der Waals surface area contributed by atoms with Crippen molar-refractivity contribution in [3.63, 3.8) is 0 Å². The number of ether oxygens (including phenoxy) is 1. The Balaban J connectivity index is 1.30. The second-order valence-corrected chi connectivity index (χ2v) is 8.82. The summed E-state index contributed by atoms with van der Waals surface area (Å²) in [5.41, 5.74) is 3.52. The first-order valence-corrected chi connectivity index (χ1v) is 11.6. The molecular formula is C26H35N3O3. The van der Waals surface area contributed by atoms with Crippen LogP contribution in [0.2, 0.25) is 0 Å². The lowest BCUT2D eigenvalue weighted by Crippen LogP contribution is -2.41. The summed E-state index contributed by atoms with van der Waals surface area (Å²) >= 11 is 0. The highest BCUT2D eigenvalue weighted by Gasteiger charge is 2.24. The number of nitrogens with zero attached hydrogens (tertiary/aromatic N) is 3. The Bertz CT molecular complexity index is 870. The molecule has 32 heavy (non-hydrogen) atoms. The third-order valence-corrected chi connectivity index (χ3v) is 5.96. The van der Waals surface area contributed by atoms with Gasteiger partial charge in [-0.2, -0.15) is 0 Å². The maximum absolute atomic E-state index is 12.5. The minimum atomic E-state index is 0.0736. The van der Waals surface area contributed by atoms with Gasteiger partial charge in [0.15, 0.2) is 0 Å². The van der Waals surface area contributed by atoms with Crippen LogP contribution in [0, 0.1) is 6.92 Å². The van der Waals surface area contributed by atoms with Crippen molar-refractivity contribution >= 4 is 17.4 Å². The number of ketones is 1. The van der Waals surface area contributed by atoms with Crippen LogP contribution in [0.25, 0.3) is 0 Å². The fraction of sp³-hybridized carbons (Fsp3) is 0.500. The van der Waals surface area contributed by atoms with Gasteiger partial charge in [-0.15, -0.1) is 0 Å². The van der Waals surface area contributed by atoms with Crippen LogP contribution in [0.3, 0.4) is 0 Å². The molecule has 1 aromatic heterocycles. The highest BCUT2D eigenvalue weighted by molar-refractivity contribution is 5.85. The van der Waals surface area contributed by atoms with Crippen LogP contribution in [0.1, 0.15) is 49.7 Å². The zero-order valence-electron chi connectivity index (χ0n) is 19.5. The van der Waals surface area contributed by atoms with E-state index in [1.54, 1.807) is 6.20 Å². The number of aromatic nitrogens is 1. The van der Waals surface area contributed by atoms with Crippen molar-refractivity contribution in [2.75, 3.05) is 32.1 Å². The zero-order chi connectivity index (χ0) is 22.9. The van der Waals surface area contributed by atoms with Gasteiger partial charge in [0, 0.05) is 77.2 Å². The average molecular weight is 438 g/mol. The van der Waals surface area contributed by atoms with E-state index in [4.69, 9.17) is 4.74 Å². The van der Waals surface area contributed by atoms with Gasteiger partial charge in [0.1, 0.15) is 11.9 Å². The molecule has 1 amide bonds. The topological polar surface area (TPSA) is 62.7 Å². The summed E-state index contributed by atoms with van der Waals surface area (Å²) in [7, 11) is 4.04. The summed E-state index contributed by atoms with van der Waals surface area (Å²) in [6.45, 7) is 3.34. The number of Topliss-reactive ketones (excluding diaryl/α,β-unsaturated/α-hetero) is 1. The van der Waals surface area contributed by atoms with Crippen LogP contribution in [-0.2, 0) is 16.0 Å². The second kappa shape index (κ2) is 11.7. The van der Waals surface area contributed by atoms with Gasteiger partial charge in [-0.3, -0.25) is 9.59 Å². The lowest BCUT2D eigenvalue weighted by atomic mass is 10.0. The minimum Gasteiger partial charge on any atom is -0.474 e. The molecule has 0 aliphatic carbocycles. The predicted molar refractivity (Wildman–Crippen MR) is 127 cm³/mol. The molecule has 0 unspecified atom stereocenters. The molecule has 1 saturated heterocycles. The standard InChI is InChI=1S/C26H35N3O3/c1-20-7-13-25(27-19-20)32-24-15-17-29(18-16-24)26(31)14-12-23(30)6-4-5-21-8-10-22(11-9-21)28(2)3/h7-11,13,19,24H,4-6,12,14-18H2,1-3H3. The first-order chi connectivity index (χ1) is 15.4. The molecule has 6 nitrogen and oxygen atoms in total.